The van der Waals surface area contributed by atoms with Crippen molar-refractivity contribution in [2.45, 2.75) is 20.8 Å². The van der Waals surface area contributed by atoms with Gasteiger partial charge in [-0.3, -0.25) is 4.40 Å². The quantitative estimate of drug-likeness (QED) is 0.498. The van der Waals surface area contributed by atoms with Crippen LogP contribution in [0.4, 0.5) is 10.8 Å². The third kappa shape index (κ3) is 2.90. The number of nitrogens with zero attached hydrogens (tertiary/aromatic N) is 3. The van der Waals surface area contributed by atoms with Gasteiger partial charge in [-0.2, -0.15) is 0 Å². The summed E-state index contributed by atoms with van der Waals surface area (Å²) in [5.74, 6) is 0. The Morgan fingerprint density at radius 3 is 2.80 bits per heavy atom. The lowest BCUT2D eigenvalue weighted by molar-refractivity contribution is 1.16. The SMILES string of the molecule is Cc1ccn2c(-c3csc(Nc4cccc(Cl)c4C)n3)c(C)nc2c1. The molecule has 0 unspecified atom stereocenters. The van der Waals surface area contributed by atoms with E-state index in [0.29, 0.717) is 0 Å². The van der Waals surface area contributed by atoms with Gasteiger partial charge in [-0.05, 0) is 56.2 Å². The topological polar surface area (TPSA) is 42.2 Å². The molecule has 0 spiro atoms. The fourth-order valence-electron chi connectivity index (χ4n) is 2.87. The lowest BCUT2D eigenvalue weighted by atomic mass is 10.2. The largest absolute Gasteiger partial charge is 0.331 e. The molecule has 126 valence electrons. The zero-order chi connectivity index (χ0) is 17.6. The summed E-state index contributed by atoms with van der Waals surface area (Å²) in [4.78, 5) is 9.41. The van der Waals surface area contributed by atoms with Gasteiger partial charge in [-0.1, -0.05) is 17.7 Å². The van der Waals surface area contributed by atoms with E-state index in [2.05, 4.69) is 39.1 Å². The summed E-state index contributed by atoms with van der Waals surface area (Å²) < 4.78 is 2.09. The Balaban J connectivity index is 1.72. The van der Waals surface area contributed by atoms with Crippen molar-refractivity contribution in [3.8, 4) is 11.4 Å². The monoisotopic (exact) mass is 368 g/mol. The number of nitrogens with one attached hydrogen (secondary N) is 1. The van der Waals surface area contributed by atoms with E-state index in [9.17, 15) is 0 Å². The summed E-state index contributed by atoms with van der Waals surface area (Å²) in [6.07, 6.45) is 2.05. The van der Waals surface area contributed by atoms with E-state index in [1.54, 1.807) is 11.3 Å². The third-order valence-corrected chi connectivity index (χ3v) is 5.38. The van der Waals surface area contributed by atoms with Crippen LogP contribution in [0.15, 0.2) is 41.9 Å². The van der Waals surface area contributed by atoms with Gasteiger partial charge in [-0.15, -0.1) is 11.3 Å². The first-order valence-electron chi connectivity index (χ1n) is 7.96. The number of thiazole rings is 1. The molecule has 1 aromatic carbocycles. The lowest BCUT2D eigenvalue weighted by Gasteiger charge is -2.07. The number of hydrogen-bond donors (Lipinski definition) is 1. The van der Waals surface area contributed by atoms with Crippen molar-refractivity contribution < 1.29 is 0 Å². The fourth-order valence-corrected chi connectivity index (χ4v) is 3.75. The zero-order valence-electron chi connectivity index (χ0n) is 14.2. The molecule has 0 amide bonds. The number of rotatable bonds is 3. The van der Waals surface area contributed by atoms with Crippen LogP contribution in [0.25, 0.3) is 17.0 Å². The summed E-state index contributed by atoms with van der Waals surface area (Å²) >= 11 is 7.77. The number of fused-ring (bicyclic) bond motifs is 1. The molecule has 0 bridgehead atoms. The molecule has 0 aliphatic rings. The van der Waals surface area contributed by atoms with Crippen molar-refractivity contribution in [2.24, 2.45) is 0 Å². The van der Waals surface area contributed by atoms with E-state index in [1.807, 2.05) is 38.2 Å². The molecule has 4 aromatic rings. The number of aromatic nitrogens is 3. The van der Waals surface area contributed by atoms with Crippen molar-refractivity contribution in [1.29, 1.82) is 0 Å². The highest BCUT2D eigenvalue weighted by Crippen LogP contribution is 2.32. The van der Waals surface area contributed by atoms with Crippen LogP contribution >= 0.6 is 22.9 Å². The van der Waals surface area contributed by atoms with E-state index < -0.39 is 0 Å². The van der Waals surface area contributed by atoms with Crippen LogP contribution in [-0.2, 0) is 0 Å². The molecule has 1 N–H and O–H groups in total. The molecule has 0 aliphatic carbocycles. The van der Waals surface area contributed by atoms with Crippen molar-refractivity contribution in [3.05, 3.63) is 63.8 Å². The highest BCUT2D eigenvalue weighted by molar-refractivity contribution is 7.14. The molecule has 4 rings (SSSR count). The van der Waals surface area contributed by atoms with Gasteiger partial charge in [0.05, 0.1) is 11.4 Å². The van der Waals surface area contributed by atoms with Crippen molar-refractivity contribution in [1.82, 2.24) is 14.4 Å². The maximum Gasteiger partial charge on any atom is 0.187 e. The second-order valence-corrected chi connectivity index (χ2v) is 7.32. The first-order chi connectivity index (χ1) is 12.0. The minimum Gasteiger partial charge on any atom is -0.331 e. The Bertz CT molecular complexity index is 1080. The van der Waals surface area contributed by atoms with Crippen LogP contribution in [0, 0.1) is 20.8 Å². The van der Waals surface area contributed by atoms with Gasteiger partial charge in [0.2, 0.25) is 0 Å². The molecule has 6 heteroatoms. The highest BCUT2D eigenvalue weighted by atomic mass is 35.5. The molecule has 0 saturated carbocycles. The van der Waals surface area contributed by atoms with Crippen molar-refractivity contribution in [3.63, 3.8) is 0 Å². The number of anilines is 2. The normalized spacial score (nSPS) is 11.2. The number of hydrogen-bond acceptors (Lipinski definition) is 4. The molecule has 0 aliphatic heterocycles. The van der Waals surface area contributed by atoms with Gasteiger partial charge in [-0.25, -0.2) is 9.97 Å². The lowest BCUT2D eigenvalue weighted by Crippen LogP contribution is -1.94. The Morgan fingerprint density at radius 2 is 1.96 bits per heavy atom. The average Bonchev–Trinajstić information content (AvgIpc) is 3.14. The maximum atomic E-state index is 6.20. The number of aryl methyl sites for hydroxylation is 2. The fraction of sp³-hybridized carbons (Fsp3) is 0.158. The second kappa shape index (κ2) is 6.17. The first-order valence-corrected chi connectivity index (χ1v) is 9.22. The molecule has 0 saturated heterocycles. The van der Waals surface area contributed by atoms with Crippen molar-refractivity contribution in [2.75, 3.05) is 5.32 Å². The van der Waals surface area contributed by atoms with E-state index >= 15 is 0 Å². The molecule has 0 atom stereocenters. The van der Waals surface area contributed by atoms with Crippen LogP contribution in [0.2, 0.25) is 5.02 Å². The zero-order valence-corrected chi connectivity index (χ0v) is 15.7. The molecule has 0 fully saturated rings. The molecular weight excluding hydrogens is 352 g/mol. The number of imidazole rings is 1. The molecule has 4 nitrogen and oxygen atoms in total. The minimum atomic E-state index is 0.745. The molecule has 3 aromatic heterocycles. The summed E-state index contributed by atoms with van der Waals surface area (Å²) in [6.45, 7) is 6.09. The molecule has 3 heterocycles. The molecular formula is C19H17ClN4S. The molecule has 25 heavy (non-hydrogen) atoms. The van der Waals surface area contributed by atoms with Gasteiger partial charge in [0.1, 0.15) is 11.3 Å². The van der Waals surface area contributed by atoms with Crippen LogP contribution < -0.4 is 5.32 Å². The van der Waals surface area contributed by atoms with Gasteiger partial charge < -0.3 is 5.32 Å². The van der Waals surface area contributed by atoms with Crippen LogP contribution in [-0.4, -0.2) is 14.4 Å². The van der Waals surface area contributed by atoms with Crippen LogP contribution in [0.1, 0.15) is 16.8 Å². The third-order valence-electron chi connectivity index (χ3n) is 4.21. The van der Waals surface area contributed by atoms with E-state index in [0.717, 1.165) is 44.1 Å². The Hall–Kier alpha value is -2.37. The molecule has 0 radical (unpaired) electrons. The van der Waals surface area contributed by atoms with Gasteiger partial charge >= 0.3 is 0 Å². The Kier molecular flexibility index (Phi) is 3.98. The maximum absolute atomic E-state index is 6.20. The standard InChI is InChI=1S/C19H17ClN4S/c1-11-7-8-24-17(9-11)21-13(3)18(24)16-10-25-19(23-16)22-15-6-4-5-14(20)12(15)2/h4-10H,1-3H3,(H,22,23). The van der Waals surface area contributed by atoms with Gasteiger partial charge in [0.25, 0.3) is 0 Å². The predicted octanol–water partition coefficient (Wildman–Crippen LogP) is 5.78. The highest BCUT2D eigenvalue weighted by Gasteiger charge is 2.15. The summed E-state index contributed by atoms with van der Waals surface area (Å²) in [7, 11) is 0. The Morgan fingerprint density at radius 1 is 1.12 bits per heavy atom. The number of benzene rings is 1. The van der Waals surface area contributed by atoms with Gasteiger partial charge in [0, 0.05) is 22.3 Å². The number of halogens is 1. The van der Waals surface area contributed by atoms with Crippen LogP contribution in [0.3, 0.4) is 0 Å². The van der Waals surface area contributed by atoms with Crippen LogP contribution in [0.5, 0.6) is 0 Å². The summed E-state index contributed by atoms with van der Waals surface area (Å²) in [6, 6.07) is 9.99. The smallest absolute Gasteiger partial charge is 0.187 e. The predicted molar refractivity (Wildman–Crippen MR) is 105 cm³/mol. The number of pyridine rings is 1. The first kappa shape index (κ1) is 16.1. The summed E-state index contributed by atoms with van der Waals surface area (Å²) in [5, 5.41) is 7.00. The van der Waals surface area contributed by atoms with E-state index in [4.69, 9.17) is 16.6 Å². The average molecular weight is 369 g/mol. The van der Waals surface area contributed by atoms with Gasteiger partial charge in [0.15, 0.2) is 5.13 Å². The minimum absolute atomic E-state index is 0.745. The van der Waals surface area contributed by atoms with Crippen molar-refractivity contribution >= 4 is 39.4 Å². The second-order valence-electron chi connectivity index (χ2n) is 6.05. The summed E-state index contributed by atoms with van der Waals surface area (Å²) in [5.41, 5.74) is 7.05. The Labute approximate surface area is 155 Å². The van der Waals surface area contributed by atoms with E-state index in [1.165, 1.54) is 5.56 Å². The van der Waals surface area contributed by atoms with E-state index in [-0.39, 0.29) is 0 Å².